The first-order valence-corrected chi connectivity index (χ1v) is 9.48. The summed E-state index contributed by atoms with van der Waals surface area (Å²) in [7, 11) is 0. The zero-order valence-corrected chi connectivity index (χ0v) is 16.1. The molecule has 0 radical (unpaired) electrons. The number of fused-ring (bicyclic) bond motifs is 1. The van der Waals surface area contributed by atoms with Gasteiger partial charge in [0.15, 0.2) is 11.5 Å². The number of halogens is 1. The van der Waals surface area contributed by atoms with Gasteiger partial charge in [0.2, 0.25) is 0 Å². The summed E-state index contributed by atoms with van der Waals surface area (Å²) in [5, 5.41) is 3.45. The van der Waals surface area contributed by atoms with Crippen molar-refractivity contribution in [3.05, 3.63) is 58.1 Å². The standard InChI is InChI=1S/C20H24BrNO3/c1-15(17-6-3-2-4-7-17)23-9-5-8-22-14-16-12-18(21)20-19(13-16)24-10-11-25-20/h2-4,6-7,12-13,15,22H,5,8-11,14H2,1H3. The van der Waals surface area contributed by atoms with Crippen LogP contribution in [-0.4, -0.2) is 26.4 Å². The molecule has 1 aliphatic heterocycles. The summed E-state index contributed by atoms with van der Waals surface area (Å²) in [4.78, 5) is 0. The van der Waals surface area contributed by atoms with Crippen LogP contribution >= 0.6 is 15.9 Å². The third-order valence-electron chi connectivity index (χ3n) is 4.12. The molecule has 0 aliphatic carbocycles. The highest BCUT2D eigenvalue weighted by atomic mass is 79.9. The van der Waals surface area contributed by atoms with Crippen molar-refractivity contribution in [2.75, 3.05) is 26.4 Å². The second kappa shape index (κ2) is 9.22. The lowest BCUT2D eigenvalue weighted by atomic mass is 10.1. The summed E-state index contributed by atoms with van der Waals surface area (Å²) >= 11 is 3.55. The predicted octanol–water partition coefficient (Wildman–Crippen LogP) is 4.48. The third-order valence-corrected chi connectivity index (χ3v) is 4.71. The summed E-state index contributed by atoms with van der Waals surface area (Å²) in [5.74, 6) is 1.62. The molecule has 4 nitrogen and oxygen atoms in total. The molecule has 5 heteroatoms. The number of rotatable bonds is 8. The SMILES string of the molecule is CC(OCCCNCc1cc(Br)c2c(c1)OCCO2)c1ccccc1. The van der Waals surface area contributed by atoms with Crippen molar-refractivity contribution < 1.29 is 14.2 Å². The summed E-state index contributed by atoms with van der Waals surface area (Å²) in [6, 6.07) is 14.4. The lowest BCUT2D eigenvalue weighted by molar-refractivity contribution is 0.0640. The summed E-state index contributed by atoms with van der Waals surface area (Å²) < 4.78 is 18.1. The maximum Gasteiger partial charge on any atom is 0.175 e. The van der Waals surface area contributed by atoms with E-state index >= 15 is 0 Å². The van der Waals surface area contributed by atoms with Gasteiger partial charge in [0.25, 0.3) is 0 Å². The molecule has 0 bridgehead atoms. The number of hydrogen-bond acceptors (Lipinski definition) is 4. The van der Waals surface area contributed by atoms with Crippen molar-refractivity contribution >= 4 is 15.9 Å². The van der Waals surface area contributed by atoms with Gasteiger partial charge in [-0.3, -0.25) is 0 Å². The Morgan fingerprint density at radius 1 is 1.16 bits per heavy atom. The molecular formula is C20H24BrNO3. The normalized spacial score (nSPS) is 14.3. The van der Waals surface area contributed by atoms with Crippen molar-refractivity contribution in [2.24, 2.45) is 0 Å². The highest BCUT2D eigenvalue weighted by Gasteiger charge is 2.16. The van der Waals surface area contributed by atoms with E-state index in [9.17, 15) is 0 Å². The van der Waals surface area contributed by atoms with Crippen LogP contribution in [0.2, 0.25) is 0 Å². The van der Waals surface area contributed by atoms with Crippen LogP contribution in [0.3, 0.4) is 0 Å². The summed E-state index contributed by atoms with van der Waals surface area (Å²) in [5.41, 5.74) is 2.39. The van der Waals surface area contributed by atoms with Crippen LogP contribution in [0.15, 0.2) is 46.9 Å². The van der Waals surface area contributed by atoms with Crippen molar-refractivity contribution in [1.29, 1.82) is 0 Å². The van der Waals surface area contributed by atoms with Gasteiger partial charge in [0.05, 0.1) is 10.6 Å². The van der Waals surface area contributed by atoms with Crippen molar-refractivity contribution in [3.8, 4) is 11.5 Å². The monoisotopic (exact) mass is 405 g/mol. The Morgan fingerprint density at radius 3 is 2.80 bits per heavy atom. The molecule has 2 aromatic rings. The molecule has 0 saturated carbocycles. The largest absolute Gasteiger partial charge is 0.486 e. The number of nitrogens with one attached hydrogen (secondary N) is 1. The van der Waals surface area contributed by atoms with Gasteiger partial charge < -0.3 is 19.5 Å². The van der Waals surface area contributed by atoms with Crippen molar-refractivity contribution in [1.82, 2.24) is 5.32 Å². The third kappa shape index (κ3) is 5.21. The molecule has 134 valence electrons. The van der Waals surface area contributed by atoms with E-state index < -0.39 is 0 Å². The Hall–Kier alpha value is -1.56. The van der Waals surface area contributed by atoms with E-state index in [-0.39, 0.29) is 6.10 Å². The van der Waals surface area contributed by atoms with Gasteiger partial charge in [0, 0.05) is 13.2 Å². The van der Waals surface area contributed by atoms with Gasteiger partial charge in [-0.25, -0.2) is 0 Å². The second-order valence-corrected chi connectivity index (χ2v) is 6.91. The molecule has 0 fully saturated rings. The quantitative estimate of drug-likeness (QED) is 0.657. The van der Waals surface area contributed by atoms with Crippen LogP contribution in [0.1, 0.15) is 30.6 Å². The Morgan fingerprint density at radius 2 is 1.96 bits per heavy atom. The molecule has 1 aliphatic rings. The fourth-order valence-corrected chi connectivity index (χ4v) is 3.38. The molecule has 2 aromatic carbocycles. The summed E-state index contributed by atoms with van der Waals surface area (Å²) in [6.45, 7) is 5.75. The minimum absolute atomic E-state index is 0.134. The van der Waals surface area contributed by atoms with E-state index in [1.165, 1.54) is 11.1 Å². The first-order valence-electron chi connectivity index (χ1n) is 8.69. The molecule has 1 unspecified atom stereocenters. The lowest BCUT2D eigenvalue weighted by Crippen LogP contribution is -2.18. The zero-order chi connectivity index (χ0) is 17.5. The highest BCUT2D eigenvalue weighted by molar-refractivity contribution is 9.10. The summed E-state index contributed by atoms with van der Waals surface area (Å²) in [6.07, 6.45) is 1.11. The van der Waals surface area contributed by atoms with Gasteiger partial charge in [-0.2, -0.15) is 0 Å². The Balaban J connectivity index is 1.37. The van der Waals surface area contributed by atoms with Crippen LogP contribution in [-0.2, 0) is 11.3 Å². The molecule has 0 amide bonds. The topological polar surface area (TPSA) is 39.7 Å². The number of benzene rings is 2. The van der Waals surface area contributed by atoms with Crippen LogP contribution < -0.4 is 14.8 Å². The molecule has 1 N–H and O–H groups in total. The van der Waals surface area contributed by atoms with E-state index in [1.54, 1.807) is 0 Å². The highest BCUT2D eigenvalue weighted by Crippen LogP contribution is 2.38. The van der Waals surface area contributed by atoms with E-state index in [0.29, 0.717) is 13.2 Å². The predicted molar refractivity (Wildman–Crippen MR) is 102 cm³/mol. The van der Waals surface area contributed by atoms with Gasteiger partial charge in [-0.1, -0.05) is 30.3 Å². The molecule has 1 atom stereocenters. The molecule has 0 aromatic heterocycles. The minimum Gasteiger partial charge on any atom is -0.486 e. The van der Waals surface area contributed by atoms with Crippen LogP contribution in [0, 0.1) is 0 Å². The van der Waals surface area contributed by atoms with Crippen LogP contribution in [0.5, 0.6) is 11.5 Å². The fourth-order valence-electron chi connectivity index (χ4n) is 2.78. The number of ether oxygens (including phenoxy) is 3. The average Bonchev–Trinajstić information content (AvgIpc) is 2.65. The molecular weight excluding hydrogens is 382 g/mol. The van der Waals surface area contributed by atoms with Crippen molar-refractivity contribution in [3.63, 3.8) is 0 Å². The maximum absolute atomic E-state index is 5.89. The van der Waals surface area contributed by atoms with Crippen LogP contribution in [0.25, 0.3) is 0 Å². The van der Waals surface area contributed by atoms with E-state index in [2.05, 4.69) is 46.4 Å². The zero-order valence-electron chi connectivity index (χ0n) is 14.5. The van der Waals surface area contributed by atoms with E-state index in [4.69, 9.17) is 14.2 Å². The van der Waals surface area contributed by atoms with Gasteiger partial charge >= 0.3 is 0 Å². The van der Waals surface area contributed by atoms with E-state index in [0.717, 1.165) is 42.1 Å². The molecule has 1 heterocycles. The van der Waals surface area contributed by atoms with Crippen LogP contribution in [0.4, 0.5) is 0 Å². The van der Waals surface area contributed by atoms with Crippen molar-refractivity contribution in [2.45, 2.75) is 26.0 Å². The van der Waals surface area contributed by atoms with Gasteiger partial charge in [0.1, 0.15) is 13.2 Å². The maximum atomic E-state index is 5.89. The lowest BCUT2D eigenvalue weighted by Gasteiger charge is -2.20. The molecule has 25 heavy (non-hydrogen) atoms. The minimum atomic E-state index is 0.134. The number of hydrogen-bond donors (Lipinski definition) is 1. The molecule has 0 saturated heterocycles. The Labute approximate surface area is 157 Å². The second-order valence-electron chi connectivity index (χ2n) is 6.06. The van der Waals surface area contributed by atoms with Gasteiger partial charge in [-0.05, 0) is 59.1 Å². The first kappa shape index (κ1) is 18.2. The molecule has 3 rings (SSSR count). The Bertz CT molecular complexity index is 678. The van der Waals surface area contributed by atoms with E-state index in [1.807, 2.05) is 24.3 Å². The van der Waals surface area contributed by atoms with Gasteiger partial charge in [-0.15, -0.1) is 0 Å². The first-order chi connectivity index (χ1) is 12.2. The fraction of sp³-hybridized carbons (Fsp3) is 0.400. The average molecular weight is 406 g/mol. The Kier molecular flexibility index (Phi) is 6.73. The molecule has 0 spiro atoms. The smallest absolute Gasteiger partial charge is 0.175 e.